The molecule has 0 N–H and O–H groups in total. The lowest BCUT2D eigenvalue weighted by molar-refractivity contribution is -0.139. The minimum Gasteiger partial charge on any atom is -0.299 e. The number of halogens is 2. The van der Waals surface area contributed by atoms with E-state index in [1.54, 1.807) is 0 Å². The average molecular weight is 302 g/mol. The zero-order valence-electron chi connectivity index (χ0n) is 9.39. The van der Waals surface area contributed by atoms with E-state index < -0.39 is 0 Å². The van der Waals surface area contributed by atoms with Crippen molar-refractivity contribution < 1.29 is 4.79 Å². The molecule has 1 fully saturated rings. The summed E-state index contributed by atoms with van der Waals surface area (Å²) in [6.07, 6.45) is 1.51. The molecular weight excluding hydrogens is 287 g/mol. The van der Waals surface area contributed by atoms with E-state index in [9.17, 15) is 4.79 Å². The van der Waals surface area contributed by atoms with Gasteiger partial charge in [0.15, 0.2) is 0 Å². The molecule has 3 heteroatoms. The number of hydrogen-bond donors (Lipinski definition) is 0. The Bertz CT molecular complexity index is 444. The lowest BCUT2D eigenvalue weighted by Crippen LogP contribution is -2.45. The number of benzene rings is 1. The lowest BCUT2D eigenvalue weighted by Gasteiger charge is -2.45. The zero-order chi connectivity index (χ0) is 11.9. The molecule has 16 heavy (non-hydrogen) atoms. The molecule has 86 valence electrons. The molecule has 0 amide bonds. The van der Waals surface area contributed by atoms with Crippen LogP contribution in [0.15, 0.2) is 22.7 Å². The van der Waals surface area contributed by atoms with Crippen molar-refractivity contribution in [3.8, 4) is 0 Å². The molecule has 0 aliphatic heterocycles. The van der Waals surface area contributed by atoms with Crippen LogP contribution >= 0.6 is 27.5 Å². The molecule has 2 unspecified atom stereocenters. The highest BCUT2D eigenvalue weighted by atomic mass is 79.9. The highest BCUT2D eigenvalue weighted by Gasteiger charge is 2.50. The van der Waals surface area contributed by atoms with Crippen LogP contribution in [0.4, 0.5) is 0 Å². The van der Waals surface area contributed by atoms with E-state index in [1.807, 2.05) is 25.1 Å². The van der Waals surface area contributed by atoms with Crippen LogP contribution in [0.5, 0.6) is 0 Å². The minimum absolute atomic E-state index is 0.211. The minimum atomic E-state index is -0.211. The number of ketones is 1. The van der Waals surface area contributed by atoms with Crippen molar-refractivity contribution in [1.29, 1.82) is 0 Å². The molecule has 1 nitrogen and oxygen atoms in total. The van der Waals surface area contributed by atoms with Gasteiger partial charge < -0.3 is 0 Å². The number of hydrogen-bond acceptors (Lipinski definition) is 1. The molecule has 0 saturated heterocycles. The Balaban J connectivity index is 2.36. The lowest BCUT2D eigenvalue weighted by atomic mass is 9.56. The molecule has 0 bridgehead atoms. The van der Waals surface area contributed by atoms with Gasteiger partial charge in [0.05, 0.1) is 0 Å². The van der Waals surface area contributed by atoms with Crippen molar-refractivity contribution >= 4 is 33.3 Å². The molecule has 1 aliphatic rings. The van der Waals surface area contributed by atoms with E-state index in [4.69, 9.17) is 11.6 Å². The van der Waals surface area contributed by atoms with E-state index in [2.05, 4.69) is 22.9 Å². The summed E-state index contributed by atoms with van der Waals surface area (Å²) >= 11 is 9.62. The van der Waals surface area contributed by atoms with Crippen LogP contribution in [-0.2, 0) is 4.79 Å². The predicted molar refractivity (Wildman–Crippen MR) is 69.9 cm³/mol. The maximum absolute atomic E-state index is 11.7. The predicted octanol–water partition coefficient (Wildman–Crippen LogP) is 4.58. The van der Waals surface area contributed by atoms with Crippen molar-refractivity contribution in [3.63, 3.8) is 0 Å². The second-order valence-corrected chi connectivity index (χ2v) is 5.94. The fourth-order valence-corrected chi connectivity index (χ4v) is 3.19. The summed E-state index contributed by atoms with van der Waals surface area (Å²) in [6, 6.07) is 5.91. The molecular formula is C13H14BrClO. The Hall–Kier alpha value is -0.340. The highest BCUT2D eigenvalue weighted by Crippen LogP contribution is 2.53. The Kier molecular flexibility index (Phi) is 3.15. The van der Waals surface area contributed by atoms with Gasteiger partial charge in [-0.2, -0.15) is 0 Å². The maximum atomic E-state index is 11.7. The first-order valence-electron chi connectivity index (χ1n) is 5.47. The summed E-state index contributed by atoms with van der Waals surface area (Å²) in [7, 11) is 0. The number of carbonyl (C=O) groups is 1. The van der Waals surface area contributed by atoms with Gasteiger partial charge in [0.25, 0.3) is 0 Å². The summed E-state index contributed by atoms with van der Waals surface area (Å²) in [6.45, 7) is 4.11. The standard InChI is InChI=1S/C13H14BrClO/c1-3-13(2)10(7-12(13)16)9-5-4-8(14)6-11(9)15/h4-6,10H,3,7H2,1-2H3. The first-order chi connectivity index (χ1) is 7.49. The van der Waals surface area contributed by atoms with Gasteiger partial charge in [0.2, 0.25) is 0 Å². The van der Waals surface area contributed by atoms with E-state index >= 15 is 0 Å². The Morgan fingerprint density at radius 3 is 2.75 bits per heavy atom. The largest absolute Gasteiger partial charge is 0.299 e. The fourth-order valence-electron chi connectivity index (χ4n) is 2.39. The van der Waals surface area contributed by atoms with Gasteiger partial charge in [0.1, 0.15) is 5.78 Å². The average Bonchev–Trinajstić information content (AvgIpc) is 2.26. The molecule has 1 aliphatic carbocycles. The second kappa shape index (κ2) is 4.15. The summed E-state index contributed by atoms with van der Waals surface area (Å²) in [5.74, 6) is 0.643. The van der Waals surface area contributed by atoms with Crippen LogP contribution in [0.3, 0.4) is 0 Å². The van der Waals surface area contributed by atoms with Gasteiger partial charge in [-0.25, -0.2) is 0 Å². The molecule has 0 heterocycles. The summed E-state index contributed by atoms with van der Waals surface area (Å²) < 4.78 is 0.977. The van der Waals surface area contributed by atoms with Crippen LogP contribution in [-0.4, -0.2) is 5.78 Å². The maximum Gasteiger partial charge on any atom is 0.140 e. The van der Waals surface area contributed by atoms with Crippen molar-refractivity contribution in [2.75, 3.05) is 0 Å². The van der Waals surface area contributed by atoms with Gasteiger partial charge in [-0.3, -0.25) is 4.79 Å². The third-order valence-corrected chi connectivity index (χ3v) is 4.69. The molecule has 1 saturated carbocycles. The van der Waals surface area contributed by atoms with Crippen LogP contribution in [0, 0.1) is 5.41 Å². The summed E-state index contributed by atoms with van der Waals surface area (Å²) in [5, 5.41) is 0.756. The molecule has 0 aromatic heterocycles. The number of carbonyl (C=O) groups excluding carboxylic acids is 1. The van der Waals surface area contributed by atoms with Crippen LogP contribution in [0.1, 0.15) is 38.2 Å². The fraction of sp³-hybridized carbons (Fsp3) is 0.462. The number of Topliss-reactive ketones (excluding diaryl/α,β-unsaturated/α-hetero) is 1. The topological polar surface area (TPSA) is 17.1 Å². The monoisotopic (exact) mass is 300 g/mol. The molecule has 1 aromatic carbocycles. The zero-order valence-corrected chi connectivity index (χ0v) is 11.7. The molecule has 2 rings (SSSR count). The summed E-state index contributed by atoms with van der Waals surface area (Å²) in [5.41, 5.74) is 0.895. The highest BCUT2D eigenvalue weighted by molar-refractivity contribution is 9.10. The quantitative estimate of drug-likeness (QED) is 0.781. The van der Waals surface area contributed by atoms with Crippen LogP contribution < -0.4 is 0 Å². The molecule has 0 spiro atoms. The molecule has 2 atom stereocenters. The van der Waals surface area contributed by atoms with Gasteiger partial charge in [-0.05, 0) is 24.1 Å². The first kappa shape index (κ1) is 12.1. The van der Waals surface area contributed by atoms with Crippen molar-refractivity contribution in [2.45, 2.75) is 32.6 Å². The van der Waals surface area contributed by atoms with Crippen LogP contribution in [0.25, 0.3) is 0 Å². The smallest absolute Gasteiger partial charge is 0.140 e. The SMILES string of the molecule is CCC1(C)C(=O)CC1c1ccc(Br)cc1Cl. The third kappa shape index (κ3) is 1.72. The molecule has 0 radical (unpaired) electrons. The van der Waals surface area contributed by atoms with E-state index in [1.165, 1.54) is 0 Å². The van der Waals surface area contributed by atoms with Gasteiger partial charge in [-0.1, -0.05) is 47.4 Å². The Morgan fingerprint density at radius 1 is 1.56 bits per heavy atom. The van der Waals surface area contributed by atoms with E-state index in [0.717, 1.165) is 21.5 Å². The van der Waals surface area contributed by atoms with Gasteiger partial charge >= 0.3 is 0 Å². The number of rotatable bonds is 2. The van der Waals surface area contributed by atoms with Crippen molar-refractivity contribution in [3.05, 3.63) is 33.3 Å². The second-order valence-electron chi connectivity index (χ2n) is 4.62. The Morgan fingerprint density at radius 2 is 2.25 bits per heavy atom. The van der Waals surface area contributed by atoms with Gasteiger partial charge in [-0.15, -0.1) is 0 Å². The first-order valence-corrected chi connectivity index (χ1v) is 6.64. The van der Waals surface area contributed by atoms with Crippen molar-refractivity contribution in [1.82, 2.24) is 0 Å². The summed E-state index contributed by atoms with van der Waals surface area (Å²) in [4.78, 5) is 11.7. The molecule has 1 aromatic rings. The Labute approximate surface area is 109 Å². The van der Waals surface area contributed by atoms with E-state index in [0.29, 0.717) is 12.2 Å². The van der Waals surface area contributed by atoms with E-state index in [-0.39, 0.29) is 11.3 Å². The normalized spacial score (nSPS) is 29.0. The third-order valence-electron chi connectivity index (χ3n) is 3.87. The van der Waals surface area contributed by atoms with Crippen molar-refractivity contribution in [2.24, 2.45) is 5.41 Å². The van der Waals surface area contributed by atoms with Gasteiger partial charge in [0, 0.05) is 27.2 Å². The van der Waals surface area contributed by atoms with Crippen LogP contribution in [0.2, 0.25) is 5.02 Å².